The Morgan fingerprint density at radius 2 is 0.933 bits per heavy atom. The minimum absolute atomic E-state index is 0.611. The molecule has 30 heavy (non-hydrogen) atoms. The molecule has 2 N–H and O–H groups in total. The van der Waals surface area contributed by atoms with Gasteiger partial charge in [0.15, 0.2) is 0 Å². The highest BCUT2D eigenvalue weighted by Gasteiger charge is 2.48. The van der Waals surface area contributed by atoms with Crippen molar-refractivity contribution < 1.29 is 10.2 Å². The Morgan fingerprint density at radius 1 is 0.533 bits per heavy atom. The highest BCUT2D eigenvalue weighted by molar-refractivity contribution is 7.11. The lowest BCUT2D eigenvalue weighted by atomic mass is 9.72. The van der Waals surface area contributed by atoms with E-state index in [1.165, 1.54) is 0 Å². The van der Waals surface area contributed by atoms with Gasteiger partial charge < -0.3 is 10.2 Å². The van der Waals surface area contributed by atoms with Gasteiger partial charge in [0.25, 0.3) is 0 Å². The van der Waals surface area contributed by atoms with Gasteiger partial charge >= 0.3 is 0 Å². The maximum absolute atomic E-state index is 12.1. The van der Waals surface area contributed by atoms with Gasteiger partial charge in [0.05, 0.1) is 0 Å². The van der Waals surface area contributed by atoms with Crippen LogP contribution in [0.4, 0.5) is 0 Å². The zero-order valence-electron chi connectivity index (χ0n) is 16.3. The summed E-state index contributed by atoms with van der Waals surface area (Å²) in [6.07, 6.45) is 7.12. The molecular weight excluding hydrogens is 408 g/mol. The molecule has 0 radical (unpaired) electrons. The van der Waals surface area contributed by atoms with Gasteiger partial charge in [-0.25, -0.2) is 0 Å². The number of hydrogen-bond acceptors (Lipinski definition) is 4. The number of rotatable bonds is 7. The molecule has 2 aromatic carbocycles. The number of benzene rings is 2. The first-order valence-electron chi connectivity index (χ1n) is 9.63. The molecule has 150 valence electrons. The molecule has 0 saturated heterocycles. The second-order valence-electron chi connectivity index (χ2n) is 6.96. The molecule has 2 aromatic heterocycles. The lowest BCUT2D eigenvalue weighted by Crippen LogP contribution is -2.47. The predicted octanol–water partition coefficient (Wildman–Crippen LogP) is 6.31. The summed E-state index contributed by atoms with van der Waals surface area (Å²) in [5.74, 6) is 0. The smallest absolute Gasteiger partial charge is 0.144 e. The van der Waals surface area contributed by atoms with Gasteiger partial charge in [-0.1, -0.05) is 72.8 Å². The van der Waals surface area contributed by atoms with E-state index in [-0.39, 0.29) is 0 Å². The summed E-state index contributed by atoms with van der Waals surface area (Å²) < 4.78 is 0. The molecule has 0 saturated carbocycles. The van der Waals surface area contributed by atoms with E-state index in [4.69, 9.17) is 0 Å². The van der Waals surface area contributed by atoms with Crippen molar-refractivity contribution in [1.29, 1.82) is 0 Å². The summed E-state index contributed by atoms with van der Waals surface area (Å²) >= 11 is 3.16. The topological polar surface area (TPSA) is 40.5 Å². The predicted molar refractivity (Wildman–Crippen MR) is 127 cm³/mol. The highest BCUT2D eigenvalue weighted by atomic mass is 32.1. The van der Waals surface area contributed by atoms with E-state index in [0.717, 1.165) is 9.75 Å². The Hall–Kier alpha value is -2.76. The van der Waals surface area contributed by atoms with Crippen molar-refractivity contribution in [2.24, 2.45) is 0 Å². The average Bonchev–Trinajstić information content (AvgIpc) is 3.51. The first kappa shape index (κ1) is 20.5. The van der Waals surface area contributed by atoms with Crippen molar-refractivity contribution in [2.45, 2.75) is 11.2 Å². The monoisotopic (exact) mass is 430 g/mol. The van der Waals surface area contributed by atoms with Crippen LogP contribution in [0.3, 0.4) is 0 Å². The fourth-order valence-corrected chi connectivity index (χ4v) is 4.68. The third kappa shape index (κ3) is 4.09. The fraction of sp³-hybridized carbons (Fsp3) is 0.0769. The zero-order chi connectivity index (χ0) is 20.9. The van der Waals surface area contributed by atoms with Gasteiger partial charge in [0, 0.05) is 9.75 Å². The average molecular weight is 431 g/mol. The molecule has 0 amide bonds. The molecule has 2 heterocycles. The van der Waals surface area contributed by atoms with E-state index in [9.17, 15) is 10.2 Å². The molecule has 0 aliphatic rings. The van der Waals surface area contributed by atoms with E-state index in [1.807, 2.05) is 108 Å². The molecule has 0 spiro atoms. The van der Waals surface area contributed by atoms with Crippen LogP contribution in [0.1, 0.15) is 20.9 Å². The van der Waals surface area contributed by atoms with Gasteiger partial charge in [-0.05, 0) is 58.3 Å². The van der Waals surface area contributed by atoms with Gasteiger partial charge in [-0.15, -0.1) is 22.7 Å². The van der Waals surface area contributed by atoms with Crippen LogP contribution in [0.5, 0.6) is 0 Å². The maximum atomic E-state index is 12.1. The molecule has 0 aliphatic carbocycles. The summed E-state index contributed by atoms with van der Waals surface area (Å²) in [7, 11) is 0. The second kappa shape index (κ2) is 8.94. The first-order chi connectivity index (χ1) is 14.6. The highest BCUT2D eigenvalue weighted by Crippen LogP contribution is 2.44. The Bertz CT molecular complexity index is 1010. The minimum Gasteiger partial charge on any atom is -0.377 e. The van der Waals surface area contributed by atoms with Crippen LogP contribution in [-0.2, 0) is 11.2 Å². The first-order valence-corrected chi connectivity index (χ1v) is 11.4. The molecule has 4 heteroatoms. The Morgan fingerprint density at radius 3 is 1.27 bits per heavy atom. The van der Waals surface area contributed by atoms with Crippen LogP contribution in [0.25, 0.3) is 12.2 Å². The summed E-state index contributed by atoms with van der Waals surface area (Å²) in [5.41, 5.74) is -2.15. The molecule has 0 aliphatic heterocycles. The van der Waals surface area contributed by atoms with Crippen molar-refractivity contribution in [3.8, 4) is 0 Å². The standard InChI is InChI=1S/C26H22O2S2/c27-25(21-9-3-1-4-10-21,17-15-23-13-7-19-29-23)26(28,22-11-5-2-6-12-22)18-16-24-14-8-20-30-24/h1-20,27-28H/b17-15+,18-16+. The molecule has 4 rings (SSSR count). The lowest BCUT2D eigenvalue weighted by molar-refractivity contribution is -0.102. The van der Waals surface area contributed by atoms with E-state index in [0.29, 0.717) is 11.1 Å². The van der Waals surface area contributed by atoms with Crippen LogP contribution in [0.15, 0.2) is 108 Å². The van der Waals surface area contributed by atoms with Crippen molar-refractivity contribution >= 4 is 34.8 Å². The van der Waals surface area contributed by atoms with Crippen LogP contribution in [0, 0.1) is 0 Å². The van der Waals surface area contributed by atoms with Gasteiger partial charge in [-0.2, -0.15) is 0 Å². The summed E-state index contributed by atoms with van der Waals surface area (Å²) in [6.45, 7) is 0. The van der Waals surface area contributed by atoms with Crippen LogP contribution >= 0.6 is 22.7 Å². The van der Waals surface area contributed by atoms with E-state index in [1.54, 1.807) is 34.8 Å². The summed E-state index contributed by atoms with van der Waals surface area (Å²) in [5, 5.41) is 28.2. The van der Waals surface area contributed by atoms with Crippen LogP contribution in [-0.4, -0.2) is 10.2 Å². The van der Waals surface area contributed by atoms with Crippen molar-refractivity contribution in [1.82, 2.24) is 0 Å². The third-order valence-electron chi connectivity index (χ3n) is 5.07. The van der Waals surface area contributed by atoms with Crippen molar-refractivity contribution in [3.05, 3.63) is 129 Å². The SMILES string of the molecule is OC(/C=C/c1cccs1)(c1ccccc1)C(O)(/C=C/c1cccs1)c1ccccc1. The normalized spacial score (nSPS) is 15.9. The Balaban J connectivity index is 1.90. The largest absolute Gasteiger partial charge is 0.377 e. The van der Waals surface area contributed by atoms with E-state index in [2.05, 4.69) is 0 Å². The Kier molecular flexibility index (Phi) is 6.11. The van der Waals surface area contributed by atoms with Crippen molar-refractivity contribution in [3.63, 3.8) is 0 Å². The third-order valence-corrected chi connectivity index (χ3v) is 6.75. The lowest BCUT2D eigenvalue weighted by Gasteiger charge is -2.41. The zero-order valence-corrected chi connectivity index (χ0v) is 17.9. The van der Waals surface area contributed by atoms with Gasteiger partial charge in [-0.3, -0.25) is 0 Å². The van der Waals surface area contributed by atoms with Gasteiger partial charge in [0.1, 0.15) is 11.2 Å². The second-order valence-corrected chi connectivity index (χ2v) is 8.92. The Labute approximate surface area is 184 Å². The molecule has 2 nitrogen and oxygen atoms in total. The van der Waals surface area contributed by atoms with Crippen molar-refractivity contribution in [2.75, 3.05) is 0 Å². The maximum Gasteiger partial charge on any atom is 0.144 e. The van der Waals surface area contributed by atoms with Crippen LogP contribution < -0.4 is 0 Å². The molecule has 2 atom stereocenters. The molecule has 0 bridgehead atoms. The summed E-state index contributed by atoms with van der Waals surface area (Å²) in [6, 6.07) is 26.5. The summed E-state index contributed by atoms with van der Waals surface area (Å²) in [4.78, 5) is 2.00. The molecule has 2 unspecified atom stereocenters. The van der Waals surface area contributed by atoms with Crippen LogP contribution in [0.2, 0.25) is 0 Å². The molecule has 0 fully saturated rings. The minimum atomic E-state index is -1.69. The quantitative estimate of drug-likeness (QED) is 0.361. The fourth-order valence-electron chi connectivity index (χ4n) is 3.45. The van der Waals surface area contributed by atoms with E-state index < -0.39 is 11.2 Å². The van der Waals surface area contributed by atoms with E-state index >= 15 is 0 Å². The molecule has 4 aromatic rings. The number of aliphatic hydroxyl groups is 2. The molecular formula is C26H22O2S2. The number of thiophene rings is 2. The van der Waals surface area contributed by atoms with Gasteiger partial charge in [0.2, 0.25) is 0 Å². The number of hydrogen-bond donors (Lipinski definition) is 2.